The lowest BCUT2D eigenvalue weighted by Gasteiger charge is -2.34. The van der Waals surface area contributed by atoms with E-state index in [-0.39, 0.29) is 35.9 Å². The third-order valence-electron chi connectivity index (χ3n) is 9.58. The highest BCUT2D eigenvalue weighted by molar-refractivity contribution is 6.36. The summed E-state index contributed by atoms with van der Waals surface area (Å²) in [6.45, 7) is 2.60. The van der Waals surface area contributed by atoms with Crippen LogP contribution in [0.25, 0.3) is 32.9 Å². The first-order chi connectivity index (χ1) is 20.4. The molecule has 2 N–H and O–H groups in total. The van der Waals surface area contributed by atoms with Gasteiger partial charge in [-0.3, -0.25) is 9.88 Å². The van der Waals surface area contributed by atoms with E-state index in [4.69, 9.17) is 21.3 Å². The summed E-state index contributed by atoms with van der Waals surface area (Å²) in [7, 11) is 0. The molecular weight excluding hydrogens is 562 g/mol. The Morgan fingerprint density at radius 2 is 2.00 bits per heavy atom. The summed E-state index contributed by atoms with van der Waals surface area (Å²) in [5, 5.41) is 16.5. The minimum absolute atomic E-state index is 0.0551. The Hall–Kier alpha value is -3.18. The number of nitrogens with zero attached hydrogens (tertiary/aromatic N) is 5. The molecule has 2 aromatic carbocycles. The number of aliphatic hydroxyl groups is 1. The molecule has 42 heavy (non-hydrogen) atoms. The fourth-order valence-corrected chi connectivity index (χ4v) is 7.93. The number of aliphatic hydroxyl groups excluding tert-OH is 1. The van der Waals surface area contributed by atoms with Crippen molar-refractivity contribution in [3.8, 4) is 17.3 Å². The zero-order chi connectivity index (χ0) is 28.6. The number of ether oxygens (including phenoxy) is 1. The van der Waals surface area contributed by atoms with Crippen LogP contribution in [-0.4, -0.2) is 87.6 Å². The molecule has 2 bridgehead atoms. The number of fused-ring (bicyclic) bond motifs is 5. The van der Waals surface area contributed by atoms with Gasteiger partial charge in [-0.05, 0) is 37.3 Å². The highest BCUT2D eigenvalue weighted by atomic mass is 35.5. The van der Waals surface area contributed by atoms with E-state index in [0.29, 0.717) is 59.7 Å². The minimum Gasteiger partial charge on any atom is -0.461 e. The maximum Gasteiger partial charge on any atom is 0.319 e. The molecular formula is C31H31ClF2N6O2. The van der Waals surface area contributed by atoms with Crippen molar-refractivity contribution in [3.05, 3.63) is 53.4 Å². The number of pyridine rings is 1. The van der Waals surface area contributed by atoms with Gasteiger partial charge in [0.25, 0.3) is 0 Å². The van der Waals surface area contributed by atoms with Gasteiger partial charge in [-0.1, -0.05) is 41.9 Å². The second kappa shape index (κ2) is 9.94. The van der Waals surface area contributed by atoms with Gasteiger partial charge in [-0.2, -0.15) is 9.97 Å². The topological polar surface area (TPSA) is 86.6 Å². The second-order valence-electron chi connectivity index (χ2n) is 12.2. The van der Waals surface area contributed by atoms with Crippen molar-refractivity contribution in [3.63, 3.8) is 0 Å². The molecule has 6 heterocycles. The molecule has 4 aliphatic rings. The summed E-state index contributed by atoms with van der Waals surface area (Å²) in [6, 6.07) is 11.2. The van der Waals surface area contributed by atoms with E-state index >= 15 is 4.39 Å². The van der Waals surface area contributed by atoms with Gasteiger partial charge >= 0.3 is 6.01 Å². The van der Waals surface area contributed by atoms with E-state index in [1.54, 1.807) is 12.3 Å². The van der Waals surface area contributed by atoms with Crippen molar-refractivity contribution in [1.29, 1.82) is 0 Å². The molecule has 4 fully saturated rings. The second-order valence-corrected chi connectivity index (χ2v) is 12.6. The molecule has 4 aromatic rings. The van der Waals surface area contributed by atoms with Crippen LogP contribution in [0.4, 0.5) is 14.6 Å². The molecule has 0 amide bonds. The largest absolute Gasteiger partial charge is 0.461 e. The fraction of sp³-hybridized carbons (Fsp3) is 0.452. The lowest BCUT2D eigenvalue weighted by molar-refractivity contribution is 0.107. The van der Waals surface area contributed by atoms with E-state index in [9.17, 15) is 9.50 Å². The maximum atomic E-state index is 16.6. The summed E-state index contributed by atoms with van der Waals surface area (Å²) >= 11 is 6.58. The fourth-order valence-electron chi connectivity index (χ4n) is 7.65. The molecule has 4 saturated heterocycles. The van der Waals surface area contributed by atoms with E-state index in [0.717, 1.165) is 24.8 Å². The summed E-state index contributed by atoms with van der Waals surface area (Å²) in [4.78, 5) is 18.2. The molecule has 11 heteroatoms. The van der Waals surface area contributed by atoms with Crippen LogP contribution in [-0.2, 0) is 0 Å². The molecule has 5 atom stereocenters. The molecule has 2 aromatic heterocycles. The Kier molecular flexibility index (Phi) is 6.26. The van der Waals surface area contributed by atoms with Crippen LogP contribution < -0.4 is 15.0 Å². The zero-order valence-corrected chi connectivity index (χ0v) is 23.7. The highest BCUT2D eigenvalue weighted by Crippen LogP contribution is 2.41. The Labute approximate surface area is 246 Å². The zero-order valence-electron chi connectivity index (χ0n) is 22.9. The van der Waals surface area contributed by atoms with Gasteiger partial charge in [0, 0.05) is 54.3 Å². The highest BCUT2D eigenvalue weighted by Gasteiger charge is 2.49. The van der Waals surface area contributed by atoms with Gasteiger partial charge in [0.05, 0.1) is 23.1 Å². The van der Waals surface area contributed by atoms with Crippen molar-refractivity contribution < 1.29 is 18.6 Å². The van der Waals surface area contributed by atoms with Crippen LogP contribution in [0.5, 0.6) is 6.01 Å². The first-order valence-corrected chi connectivity index (χ1v) is 15.0. The number of alkyl halides is 1. The normalized spacial score (nSPS) is 29.1. The molecule has 4 aliphatic heterocycles. The number of aromatic nitrogens is 3. The summed E-state index contributed by atoms with van der Waals surface area (Å²) in [5.74, 6) is -0.0676. The van der Waals surface area contributed by atoms with Crippen LogP contribution >= 0.6 is 11.6 Å². The van der Waals surface area contributed by atoms with Crippen LogP contribution in [0.2, 0.25) is 5.02 Å². The number of anilines is 1. The van der Waals surface area contributed by atoms with E-state index in [1.165, 1.54) is 0 Å². The van der Waals surface area contributed by atoms with Crippen LogP contribution in [0.1, 0.15) is 25.7 Å². The average molecular weight is 593 g/mol. The number of piperazine rings is 1. The Balaban J connectivity index is 1.24. The molecule has 8 rings (SSSR count). The standard InChI is InChI=1S/C31H31ClF2N6O2/c32-22-7-2-5-17-4-1-6-20(25(17)22)27-26(34)28-21(12-35-27)29(39-14-19-10-24(41)23(15-39)36-19)38-30(37-28)42-16-31-8-3-9-40(31)13-18(33)11-31/h1-2,4-7,12,18-19,23-24,36,41H,3,8-11,13-16H2/t18-,19?,23?,24-,31?/m1/s1. The number of benzene rings is 2. The number of rotatable bonds is 5. The van der Waals surface area contributed by atoms with E-state index < -0.39 is 23.6 Å². The van der Waals surface area contributed by atoms with Crippen molar-refractivity contribution in [2.24, 2.45) is 0 Å². The monoisotopic (exact) mass is 592 g/mol. The molecule has 218 valence electrons. The van der Waals surface area contributed by atoms with Crippen LogP contribution in [0.15, 0.2) is 42.6 Å². The van der Waals surface area contributed by atoms with E-state index in [1.807, 2.05) is 30.3 Å². The molecule has 0 aliphatic carbocycles. The van der Waals surface area contributed by atoms with Crippen LogP contribution in [0, 0.1) is 5.82 Å². The number of halogens is 3. The third-order valence-corrected chi connectivity index (χ3v) is 9.90. The lowest BCUT2D eigenvalue weighted by Crippen LogP contribution is -2.53. The Bertz CT molecular complexity index is 1700. The van der Waals surface area contributed by atoms with E-state index in [2.05, 4.69) is 25.1 Å². The number of hydrogen-bond donors (Lipinski definition) is 2. The first-order valence-electron chi connectivity index (χ1n) is 14.6. The number of hydrogen-bond acceptors (Lipinski definition) is 8. The predicted molar refractivity (Wildman–Crippen MR) is 157 cm³/mol. The van der Waals surface area contributed by atoms with Gasteiger partial charge < -0.3 is 20.1 Å². The molecule has 0 spiro atoms. The molecule has 0 radical (unpaired) electrons. The minimum atomic E-state index is -0.886. The number of nitrogens with one attached hydrogen (secondary N) is 1. The first kappa shape index (κ1) is 26.4. The smallest absolute Gasteiger partial charge is 0.319 e. The summed E-state index contributed by atoms with van der Waals surface area (Å²) < 4.78 is 37.2. The maximum absolute atomic E-state index is 16.6. The van der Waals surface area contributed by atoms with Crippen molar-refractivity contribution in [1.82, 2.24) is 25.2 Å². The van der Waals surface area contributed by atoms with Crippen molar-refractivity contribution in [2.75, 3.05) is 37.7 Å². The van der Waals surface area contributed by atoms with Gasteiger partial charge in [0.1, 0.15) is 29.8 Å². The van der Waals surface area contributed by atoms with Crippen LogP contribution in [0.3, 0.4) is 0 Å². The summed E-state index contributed by atoms with van der Waals surface area (Å²) in [6.07, 6.45) is 3.17. The third kappa shape index (κ3) is 4.22. The predicted octanol–water partition coefficient (Wildman–Crippen LogP) is 4.50. The van der Waals surface area contributed by atoms with Gasteiger partial charge in [-0.25, -0.2) is 8.78 Å². The Morgan fingerprint density at radius 3 is 2.86 bits per heavy atom. The van der Waals surface area contributed by atoms with Crippen molar-refractivity contribution in [2.45, 2.75) is 55.6 Å². The quantitative estimate of drug-likeness (QED) is 0.350. The molecule has 8 nitrogen and oxygen atoms in total. The van der Waals surface area contributed by atoms with Gasteiger partial charge in [0.2, 0.25) is 0 Å². The lowest BCUT2D eigenvalue weighted by atomic mass is 9.95. The summed E-state index contributed by atoms with van der Waals surface area (Å²) in [5.41, 5.74) is 0.428. The van der Waals surface area contributed by atoms with Gasteiger partial charge in [-0.15, -0.1) is 0 Å². The molecule has 3 unspecified atom stereocenters. The van der Waals surface area contributed by atoms with Gasteiger partial charge in [0.15, 0.2) is 5.82 Å². The molecule has 0 saturated carbocycles. The Morgan fingerprint density at radius 1 is 1.14 bits per heavy atom. The van der Waals surface area contributed by atoms with Crippen molar-refractivity contribution >= 4 is 39.1 Å². The SMILES string of the molecule is O[C@@H]1CC2CN(c3nc(OCC45CCCN4C[C@H](F)C5)nc4c(F)c(-c5cccc6cccc(Cl)c56)ncc34)CC1N2. The average Bonchev–Trinajstić information content (AvgIpc) is 3.60.